The van der Waals surface area contributed by atoms with E-state index in [0.29, 0.717) is 12.2 Å². The molecule has 0 aliphatic heterocycles. The Hall–Kier alpha value is -1.50. The highest BCUT2D eigenvalue weighted by Crippen LogP contribution is 2.02. The second-order valence-corrected chi connectivity index (χ2v) is 6.82. The van der Waals surface area contributed by atoms with Gasteiger partial charge in [0.25, 0.3) is 0 Å². The zero-order chi connectivity index (χ0) is 20.3. The molecule has 4 atom stereocenters. The minimum atomic E-state index is -1.49. The number of nitrogens with two attached hydrogens (primary N) is 1. The Morgan fingerprint density at radius 1 is 1.19 bits per heavy atom. The maximum Gasteiger partial charge on any atom is 0.328 e. The van der Waals surface area contributed by atoms with Gasteiger partial charge in [-0.3, -0.25) is 14.4 Å². The predicted molar refractivity (Wildman–Crippen MR) is 101 cm³/mol. The number of aliphatic hydroxyl groups is 1. The van der Waals surface area contributed by atoms with Crippen LogP contribution in [0.4, 0.5) is 0 Å². The number of aliphatic hydroxyl groups excluding tert-OH is 1. The summed E-state index contributed by atoms with van der Waals surface area (Å²) in [5.41, 5.74) is 5.56. The van der Waals surface area contributed by atoms with E-state index in [1.165, 1.54) is 18.7 Å². The lowest BCUT2D eigenvalue weighted by atomic mass is 10.2. The molecule has 0 heterocycles. The van der Waals surface area contributed by atoms with Crippen molar-refractivity contribution in [2.45, 2.75) is 37.6 Å². The first kappa shape index (κ1) is 24.5. The molecule has 0 aliphatic carbocycles. The number of thioether (sulfide) groups is 1. The molecule has 3 amide bonds. The topological polar surface area (TPSA) is 171 Å². The van der Waals surface area contributed by atoms with Crippen LogP contribution in [0, 0.1) is 0 Å². The number of carbonyl (C=O) groups excluding carboxylic acids is 3. The van der Waals surface area contributed by atoms with Gasteiger partial charge in [-0.2, -0.15) is 24.4 Å². The third kappa shape index (κ3) is 9.27. The van der Waals surface area contributed by atoms with E-state index in [1.54, 1.807) is 0 Å². The molecule has 0 aromatic heterocycles. The molecule has 0 aromatic rings. The number of amides is 3. The van der Waals surface area contributed by atoms with Crippen molar-refractivity contribution in [1.29, 1.82) is 0 Å². The van der Waals surface area contributed by atoms with Gasteiger partial charge >= 0.3 is 5.97 Å². The zero-order valence-electron chi connectivity index (χ0n) is 14.6. The molecular weight excluding hydrogens is 384 g/mol. The van der Waals surface area contributed by atoms with Crippen molar-refractivity contribution < 1.29 is 29.4 Å². The summed E-state index contributed by atoms with van der Waals surface area (Å²) in [6.07, 6.45) is 0.861. The minimum Gasteiger partial charge on any atom is -0.480 e. The summed E-state index contributed by atoms with van der Waals surface area (Å²) < 4.78 is 0. The summed E-state index contributed by atoms with van der Waals surface area (Å²) in [5.74, 6) is -2.62. The average Bonchev–Trinajstić information content (AvgIpc) is 2.59. The molecule has 12 heteroatoms. The Labute approximate surface area is 161 Å². The zero-order valence-corrected chi connectivity index (χ0v) is 16.3. The number of carboxylic acids is 1. The van der Waals surface area contributed by atoms with Gasteiger partial charge in [-0.15, -0.1) is 0 Å². The van der Waals surface area contributed by atoms with E-state index < -0.39 is 54.5 Å². The second-order valence-electron chi connectivity index (χ2n) is 5.47. The van der Waals surface area contributed by atoms with Gasteiger partial charge in [-0.25, -0.2) is 4.79 Å². The Balaban J connectivity index is 4.70. The number of carbonyl (C=O) groups is 4. The molecule has 26 heavy (non-hydrogen) atoms. The number of aliphatic carboxylic acids is 1. The third-order valence-electron chi connectivity index (χ3n) is 3.27. The monoisotopic (exact) mass is 410 g/mol. The van der Waals surface area contributed by atoms with Gasteiger partial charge in [-0.05, 0) is 25.4 Å². The fourth-order valence-corrected chi connectivity index (χ4v) is 2.41. The Kier molecular flexibility index (Phi) is 12.1. The number of carboxylic acid groups (broad SMARTS) is 1. The summed E-state index contributed by atoms with van der Waals surface area (Å²) >= 11 is 5.40. The highest BCUT2D eigenvalue weighted by Gasteiger charge is 2.26. The molecule has 7 N–H and O–H groups in total. The first-order valence-electron chi connectivity index (χ1n) is 7.77. The molecule has 4 unspecified atom stereocenters. The van der Waals surface area contributed by atoms with Crippen molar-refractivity contribution in [3.8, 4) is 0 Å². The van der Waals surface area contributed by atoms with Crippen LogP contribution in [0.15, 0.2) is 0 Å². The molecule has 0 saturated heterocycles. The summed E-state index contributed by atoms with van der Waals surface area (Å²) in [4.78, 5) is 46.7. The smallest absolute Gasteiger partial charge is 0.328 e. The van der Waals surface area contributed by atoms with Gasteiger partial charge in [0.15, 0.2) is 6.04 Å². The molecule has 0 saturated carbocycles. The Bertz CT molecular complexity index is 506. The fourth-order valence-electron chi connectivity index (χ4n) is 1.77. The van der Waals surface area contributed by atoms with Crippen LogP contribution < -0.4 is 21.7 Å². The van der Waals surface area contributed by atoms with E-state index in [-0.39, 0.29) is 5.75 Å². The fraction of sp³-hybridized carbons (Fsp3) is 0.714. The van der Waals surface area contributed by atoms with Crippen LogP contribution in [-0.4, -0.2) is 82.4 Å². The highest BCUT2D eigenvalue weighted by molar-refractivity contribution is 7.98. The normalized spacial score (nSPS) is 15.3. The van der Waals surface area contributed by atoms with E-state index in [4.69, 9.17) is 10.8 Å². The maximum atomic E-state index is 12.2. The first-order chi connectivity index (χ1) is 12.1. The van der Waals surface area contributed by atoms with Crippen molar-refractivity contribution in [2.75, 3.05) is 24.3 Å². The number of hydrogen-bond donors (Lipinski definition) is 7. The number of thiol groups is 1. The minimum absolute atomic E-state index is 0.112. The third-order valence-corrected chi connectivity index (χ3v) is 4.30. The first-order valence-corrected chi connectivity index (χ1v) is 9.80. The second kappa shape index (κ2) is 12.8. The number of rotatable bonds is 12. The summed E-state index contributed by atoms with van der Waals surface area (Å²) in [6.45, 7) is 0.718. The molecule has 0 rings (SSSR count). The van der Waals surface area contributed by atoms with Crippen LogP contribution in [0.1, 0.15) is 13.3 Å². The molecule has 0 aliphatic rings. The van der Waals surface area contributed by atoms with Crippen molar-refractivity contribution >= 4 is 48.1 Å². The molecule has 0 spiro atoms. The van der Waals surface area contributed by atoms with Crippen LogP contribution >= 0.6 is 24.4 Å². The van der Waals surface area contributed by atoms with Crippen LogP contribution in [0.3, 0.4) is 0 Å². The van der Waals surface area contributed by atoms with Crippen LogP contribution in [0.5, 0.6) is 0 Å². The quantitative estimate of drug-likeness (QED) is 0.174. The molecular formula is C14H26N4O6S2. The van der Waals surface area contributed by atoms with Gasteiger partial charge in [0.1, 0.15) is 6.04 Å². The SMILES string of the molecule is CSCCC(NC(=O)C(N)CS)C(=O)NCC(=O)NC(C(=O)O)C(C)O. The van der Waals surface area contributed by atoms with E-state index >= 15 is 0 Å². The number of nitrogens with one attached hydrogen (secondary N) is 3. The summed E-state index contributed by atoms with van der Waals surface area (Å²) in [5, 5.41) is 25.1. The number of hydrogen-bond acceptors (Lipinski definition) is 8. The Morgan fingerprint density at radius 2 is 1.81 bits per heavy atom. The molecule has 0 radical (unpaired) electrons. The van der Waals surface area contributed by atoms with Crippen LogP contribution in [0.25, 0.3) is 0 Å². The van der Waals surface area contributed by atoms with Crippen molar-refractivity contribution in [3.05, 3.63) is 0 Å². The lowest BCUT2D eigenvalue weighted by Crippen LogP contribution is -2.54. The highest BCUT2D eigenvalue weighted by atomic mass is 32.2. The Morgan fingerprint density at radius 3 is 2.27 bits per heavy atom. The van der Waals surface area contributed by atoms with E-state index in [2.05, 4.69) is 28.6 Å². The average molecular weight is 411 g/mol. The standard InChI is InChI=1S/C14H26N4O6S2/c1-7(19)11(14(23)24)18-10(20)5-16-13(22)9(3-4-26-2)17-12(21)8(15)6-25/h7-9,11,19,25H,3-6,15H2,1-2H3,(H,16,22)(H,17,21)(H,18,20)(H,23,24). The van der Waals surface area contributed by atoms with Gasteiger partial charge in [0.05, 0.1) is 18.7 Å². The van der Waals surface area contributed by atoms with E-state index in [0.717, 1.165) is 0 Å². The molecule has 150 valence electrons. The molecule has 0 aromatic carbocycles. The predicted octanol–water partition coefficient (Wildman–Crippen LogP) is -2.45. The van der Waals surface area contributed by atoms with Gasteiger partial charge < -0.3 is 31.9 Å². The van der Waals surface area contributed by atoms with Crippen molar-refractivity contribution in [1.82, 2.24) is 16.0 Å². The molecule has 0 bridgehead atoms. The summed E-state index contributed by atoms with van der Waals surface area (Å²) in [6, 6.07) is -3.24. The van der Waals surface area contributed by atoms with Crippen LogP contribution in [-0.2, 0) is 19.2 Å². The van der Waals surface area contributed by atoms with Gasteiger partial charge in [-0.1, -0.05) is 0 Å². The lowest BCUT2D eigenvalue weighted by molar-refractivity contribution is -0.144. The van der Waals surface area contributed by atoms with Crippen molar-refractivity contribution in [3.63, 3.8) is 0 Å². The molecule has 10 nitrogen and oxygen atoms in total. The van der Waals surface area contributed by atoms with Gasteiger partial charge in [0, 0.05) is 5.75 Å². The lowest BCUT2D eigenvalue weighted by Gasteiger charge is -2.21. The van der Waals surface area contributed by atoms with Crippen molar-refractivity contribution in [2.24, 2.45) is 5.73 Å². The largest absolute Gasteiger partial charge is 0.480 e. The van der Waals surface area contributed by atoms with E-state index in [9.17, 15) is 24.3 Å². The van der Waals surface area contributed by atoms with Gasteiger partial charge in [0.2, 0.25) is 17.7 Å². The maximum absolute atomic E-state index is 12.2. The summed E-state index contributed by atoms with van der Waals surface area (Å²) in [7, 11) is 0. The van der Waals surface area contributed by atoms with Crippen LogP contribution in [0.2, 0.25) is 0 Å². The van der Waals surface area contributed by atoms with E-state index in [1.807, 2.05) is 6.26 Å². The molecule has 0 fully saturated rings.